The largest absolute Gasteiger partial charge is 0.466 e. The fourth-order valence-electron chi connectivity index (χ4n) is 4.97. The molecule has 4 aromatic rings. The van der Waals surface area contributed by atoms with E-state index in [1.807, 2.05) is 62.4 Å². The highest BCUT2D eigenvalue weighted by molar-refractivity contribution is 5.79. The molecule has 0 radical (unpaired) electrons. The maximum atomic E-state index is 13.4. The molecule has 1 saturated heterocycles. The van der Waals surface area contributed by atoms with Gasteiger partial charge in [-0.3, -0.25) is 14.5 Å². The van der Waals surface area contributed by atoms with Crippen molar-refractivity contribution >= 4 is 16.9 Å². The van der Waals surface area contributed by atoms with Crippen molar-refractivity contribution in [3.05, 3.63) is 87.5 Å². The van der Waals surface area contributed by atoms with Crippen molar-refractivity contribution in [2.24, 2.45) is 5.92 Å². The Morgan fingerprint density at radius 1 is 1.14 bits per heavy atom. The van der Waals surface area contributed by atoms with E-state index in [9.17, 15) is 9.59 Å². The maximum Gasteiger partial charge on any atom is 0.309 e. The highest BCUT2D eigenvalue weighted by Crippen LogP contribution is 2.31. The number of pyridine rings is 1. The van der Waals surface area contributed by atoms with Gasteiger partial charge in [0, 0.05) is 24.2 Å². The first kappa shape index (κ1) is 23.9. The molecule has 0 amide bonds. The van der Waals surface area contributed by atoms with Crippen molar-refractivity contribution in [3.8, 4) is 0 Å². The number of esters is 1. The molecule has 3 heterocycles. The number of tetrazole rings is 1. The number of carbonyl (C=O) groups excluding carboxylic acids is 1. The minimum Gasteiger partial charge on any atom is -0.466 e. The number of aromatic amines is 1. The van der Waals surface area contributed by atoms with E-state index in [1.54, 1.807) is 4.68 Å². The molecule has 1 atom stereocenters. The van der Waals surface area contributed by atoms with Crippen molar-refractivity contribution in [2.75, 3.05) is 19.7 Å². The van der Waals surface area contributed by atoms with Crippen LogP contribution in [0.25, 0.3) is 10.9 Å². The number of hydrogen-bond acceptors (Lipinski definition) is 7. The van der Waals surface area contributed by atoms with E-state index in [-0.39, 0.29) is 17.4 Å². The summed E-state index contributed by atoms with van der Waals surface area (Å²) in [6.45, 7) is 5.96. The van der Waals surface area contributed by atoms with Crippen molar-refractivity contribution in [2.45, 2.75) is 39.3 Å². The van der Waals surface area contributed by atoms with Gasteiger partial charge in [0.05, 0.1) is 19.1 Å². The normalized spacial score (nSPS) is 15.7. The Kier molecular flexibility index (Phi) is 6.90. The summed E-state index contributed by atoms with van der Waals surface area (Å²) in [5, 5.41) is 13.6. The molecule has 36 heavy (non-hydrogen) atoms. The van der Waals surface area contributed by atoms with Crippen molar-refractivity contribution in [1.29, 1.82) is 0 Å². The van der Waals surface area contributed by atoms with Crippen LogP contribution in [0.4, 0.5) is 0 Å². The number of hydrogen-bond donors (Lipinski definition) is 1. The number of ether oxygens (including phenoxy) is 1. The van der Waals surface area contributed by atoms with Crippen LogP contribution < -0.4 is 5.56 Å². The zero-order valence-electron chi connectivity index (χ0n) is 20.6. The van der Waals surface area contributed by atoms with E-state index in [4.69, 9.17) is 4.74 Å². The van der Waals surface area contributed by atoms with Crippen LogP contribution >= 0.6 is 0 Å². The SMILES string of the molecule is CCOC(=O)C1CCN(C(c2cc3cc(C)ccc3[nH]c2=O)c2nnnn2Cc2ccccc2)CC1. The fraction of sp³-hybridized carbons (Fsp3) is 0.370. The molecule has 1 unspecified atom stereocenters. The zero-order chi connectivity index (χ0) is 25.1. The molecule has 0 spiro atoms. The number of aryl methyl sites for hydroxylation is 1. The lowest BCUT2D eigenvalue weighted by Crippen LogP contribution is -2.42. The van der Waals surface area contributed by atoms with E-state index in [1.165, 1.54) is 0 Å². The smallest absolute Gasteiger partial charge is 0.309 e. The summed E-state index contributed by atoms with van der Waals surface area (Å²) in [4.78, 5) is 31.0. The Hall–Kier alpha value is -3.85. The number of likely N-dealkylation sites (tertiary alicyclic amines) is 1. The molecule has 0 aliphatic carbocycles. The third kappa shape index (κ3) is 4.92. The van der Waals surface area contributed by atoms with Gasteiger partial charge in [-0.05, 0) is 66.3 Å². The van der Waals surface area contributed by atoms with E-state index in [2.05, 4.69) is 31.5 Å². The second kappa shape index (κ2) is 10.4. The minimum absolute atomic E-state index is 0.139. The number of carbonyl (C=O) groups is 1. The predicted molar refractivity (Wildman–Crippen MR) is 135 cm³/mol. The van der Waals surface area contributed by atoms with E-state index in [0.29, 0.717) is 50.5 Å². The van der Waals surface area contributed by atoms with E-state index < -0.39 is 6.04 Å². The van der Waals surface area contributed by atoms with Gasteiger partial charge in [-0.2, -0.15) is 0 Å². The van der Waals surface area contributed by atoms with Crippen LogP contribution in [0.3, 0.4) is 0 Å². The second-order valence-corrected chi connectivity index (χ2v) is 9.29. The molecule has 9 heteroatoms. The van der Waals surface area contributed by atoms with Crippen molar-refractivity contribution in [3.63, 3.8) is 0 Å². The number of rotatable bonds is 7. The standard InChI is InChI=1S/C27H30N6O3/c1-3-36-27(35)20-11-13-32(14-12-20)24(22-16-21-15-18(2)9-10-23(21)28-26(22)34)25-29-30-31-33(25)17-19-7-5-4-6-8-19/h4-10,15-16,20,24H,3,11-14,17H2,1-2H3,(H,28,34). The monoisotopic (exact) mass is 486 g/mol. The predicted octanol–water partition coefficient (Wildman–Crippen LogP) is 3.24. The number of nitrogens with one attached hydrogen (secondary N) is 1. The van der Waals surface area contributed by atoms with Crippen molar-refractivity contribution in [1.82, 2.24) is 30.1 Å². The van der Waals surface area contributed by atoms with Gasteiger partial charge in [0.1, 0.15) is 6.04 Å². The average molecular weight is 487 g/mol. The molecule has 1 aliphatic heterocycles. The summed E-state index contributed by atoms with van der Waals surface area (Å²) < 4.78 is 7.01. The molecule has 1 aliphatic rings. The van der Waals surface area contributed by atoms with Gasteiger partial charge in [-0.15, -0.1) is 5.10 Å². The molecular formula is C27H30N6O3. The average Bonchev–Trinajstić information content (AvgIpc) is 3.33. The molecule has 5 rings (SSSR count). The van der Waals surface area contributed by atoms with E-state index >= 15 is 0 Å². The number of nitrogens with zero attached hydrogens (tertiary/aromatic N) is 5. The Balaban J connectivity index is 1.55. The molecule has 2 aromatic heterocycles. The lowest BCUT2D eigenvalue weighted by Gasteiger charge is -2.36. The molecule has 0 saturated carbocycles. The van der Waals surface area contributed by atoms with Crippen LogP contribution in [0.1, 0.15) is 48.3 Å². The first-order valence-electron chi connectivity index (χ1n) is 12.4. The Bertz CT molecular complexity index is 1410. The molecule has 0 bridgehead atoms. The molecule has 1 fully saturated rings. The van der Waals surface area contributed by atoms with Crippen LogP contribution in [0.5, 0.6) is 0 Å². The summed E-state index contributed by atoms with van der Waals surface area (Å²) in [7, 11) is 0. The van der Waals surface area contributed by atoms with Gasteiger partial charge in [-0.1, -0.05) is 42.0 Å². The first-order valence-corrected chi connectivity index (χ1v) is 12.4. The number of aromatic nitrogens is 5. The van der Waals surface area contributed by atoms with Gasteiger partial charge in [0.25, 0.3) is 5.56 Å². The summed E-state index contributed by atoms with van der Waals surface area (Å²) in [5.41, 5.74) is 3.39. The molecule has 186 valence electrons. The van der Waals surface area contributed by atoms with Crippen LogP contribution in [0.2, 0.25) is 0 Å². The zero-order valence-corrected chi connectivity index (χ0v) is 20.6. The number of piperidine rings is 1. The lowest BCUT2D eigenvalue weighted by atomic mass is 9.93. The Morgan fingerprint density at radius 3 is 2.67 bits per heavy atom. The lowest BCUT2D eigenvalue weighted by molar-refractivity contribution is -0.149. The third-order valence-electron chi connectivity index (χ3n) is 6.82. The quantitative estimate of drug-likeness (QED) is 0.400. The number of fused-ring (bicyclic) bond motifs is 1. The molecule has 1 N–H and O–H groups in total. The minimum atomic E-state index is -0.458. The van der Waals surface area contributed by atoms with Crippen molar-refractivity contribution < 1.29 is 9.53 Å². The van der Waals surface area contributed by atoms with Crippen LogP contribution in [-0.2, 0) is 16.1 Å². The van der Waals surface area contributed by atoms with Gasteiger partial charge < -0.3 is 9.72 Å². The van der Waals surface area contributed by atoms with E-state index in [0.717, 1.165) is 22.0 Å². The Morgan fingerprint density at radius 2 is 1.92 bits per heavy atom. The van der Waals surface area contributed by atoms with Crippen LogP contribution in [0, 0.1) is 12.8 Å². The van der Waals surface area contributed by atoms with Gasteiger partial charge in [-0.25, -0.2) is 4.68 Å². The third-order valence-corrected chi connectivity index (χ3v) is 6.82. The van der Waals surface area contributed by atoms with Gasteiger partial charge >= 0.3 is 5.97 Å². The molecular weight excluding hydrogens is 456 g/mol. The summed E-state index contributed by atoms with van der Waals surface area (Å²) >= 11 is 0. The highest BCUT2D eigenvalue weighted by Gasteiger charge is 2.35. The number of H-pyrrole nitrogens is 1. The highest BCUT2D eigenvalue weighted by atomic mass is 16.5. The van der Waals surface area contributed by atoms with Gasteiger partial charge in [0.2, 0.25) is 0 Å². The summed E-state index contributed by atoms with van der Waals surface area (Å²) in [5.74, 6) is 0.312. The van der Waals surface area contributed by atoms with Gasteiger partial charge in [0.15, 0.2) is 5.82 Å². The van der Waals surface area contributed by atoms with Crippen LogP contribution in [0.15, 0.2) is 59.4 Å². The topological polar surface area (TPSA) is 106 Å². The first-order chi connectivity index (χ1) is 17.5. The molecule has 2 aromatic carbocycles. The Labute approximate surface area is 209 Å². The fourth-order valence-corrected chi connectivity index (χ4v) is 4.97. The molecule has 9 nitrogen and oxygen atoms in total. The van der Waals surface area contributed by atoms with Crippen LogP contribution in [-0.4, -0.2) is 55.8 Å². The second-order valence-electron chi connectivity index (χ2n) is 9.29. The maximum absolute atomic E-state index is 13.4. The summed E-state index contributed by atoms with van der Waals surface area (Å²) in [6.07, 6.45) is 1.31. The number of benzene rings is 2. The summed E-state index contributed by atoms with van der Waals surface area (Å²) in [6, 6.07) is 17.4.